The average molecular weight is 378 g/mol. The van der Waals surface area contributed by atoms with E-state index in [9.17, 15) is 9.59 Å². The molecule has 2 amide bonds. The number of benzene rings is 1. The van der Waals surface area contributed by atoms with Crippen LogP contribution in [0, 0.1) is 0 Å². The van der Waals surface area contributed by atoms with Gasteiger partial charge >= 0.3 is 0 Å². The zero-order valence-corrected chi connectivity index (χ0v) is 15.6. The predicted octanol–water partition coefficient (Wildman–Crippen LogP) is 3.27. The van der Waals surface area contributed by atoms with Crippen molar-refractivity contribution in [2.24, 2.45) is 0 Å². The van der Waals surface area contributed by atoms with Gasteiger partial charge in [0.05, 0.1) is 12.6 Å². The lowest BCUT2D eigenvalue weighted by molar-refractivity contribution is 0.0926. The molecule has 28 heavy (non-hydrogen) atoms. The minimum atomic E-state index is -0.367. The maximum atomic E-state index is 12.8. The van der Waals surface area contributed by atoms with Crippen LogP contribution in [0.1, 0.15) is 46.8 Å². The van der Waals surface area contributed by atoms with Gasteiger partial charge in [-0.25, -0.2) is 4.98 Å². The Morgan fingerprint density at radius 3 is 2.54 bits per heavy atom. The van der Waals surface area contributed by atoms with E-state index in [1.807, 2.05) is 12.1 Å². The molecule has 0 unspecified atom stereocenters. The van der Waals surface area contributed by atoms with Crippen LogP contribution in [0.2, 0.25) is 0 Å². The molecule has 144 valence electrons. The molecule has 1 aliphatic rings. The average Bonchev–Trinajstić information content (AvgIpc) is 3.36. The highest BCUT2D eigenvalue weighted by atomic mass is 16.5. The lowest BCUT2D eigenvalue weighted by Crippen LogP contribution is -2.33. The molecule has 1 aromatic carbocycles. The summed E-state index contributed by atoms with van der Waals surface area (Å²) in [6.07, 6.45) is 5.97. The largest absolute Gasteiger partial charge is 0.497 e. The fourth-order valence-electron chi connectivity index (χ4n) is 3.55. The molecule has 2 aromatic heterocycles. The molecule has 0 saturated heterocycles. The van der Waals surface area contributed by atoms with Crippen LogP contribution in [-0.2, 0) is 0 Å². The van der Waals surface area contributed by atoms with E-state index in [1.54, 1.807) is 48.0 Å². The number of rotatable bonds is 5. The Bertz CT molecular complexity index is 1000. The van der Waals surface area contributed by atoms with E-state index in [2.05, 4.69) is 15.6 Å². The van der Waals surface area contributed by atoms with Crippen LogP contribution in [0.4, 0.5) is 5.69 Å². The van der Waals surface area contributed by atoms with Crippen LogP contribution in [-0.4, -0.2) is 34.4 Å². The number of carbonyl (C=O) groups excluding carboxylic acids is 2. The highest BCUT2D eigenvalue weighted by molar-refractivity contribution is 6.09. The number of imidazole rings is 1. The standard InChI is InChI=1S/C21H22N4O3/c1-28-16-11-9-15(10-12-16)22-20(26)18-17-8-4-5-13-25(17)19(24-18)21(27)23-14-6-2-3-7-14/h4-5,8-14H,2-3,6-7H2,1H3,(H,22,26)(H,23,27). The van der Waals surface area contributed by atoms with Crippen LogP contribution in [0.3, 0.4) is 0 Å². The van der Waals surface area contributed by atoms with Crippen molar-refractivity contribution in [1.29, 1.82) is 0 Å². The zero-order chi connectivity index (χ0) is 19.5. The number of ether oxygens (including phenoxy) is 1. The summed E-state index contributed by atoms with van der Waals surface area (Å²) in [6, 6.07) is 12.6. The summed E-state index contributed by atoms with van der Waals surface area (Å²) in [4.78, 5) is 29.9. The molecule has 0 radical (unpaired) electrons. The van der Waals surface area contributed by atoms with Crippen LogP contribution >= 0.6 is 0 Å². The molecule has 1 aliphatic carbocycles. The van der Waals surface area contributed by atoms with Crippen LogP contribution in [0.5, 0.6) is 5.75 Å². The van der Waals surface area contributed by atoms with Crippen LogP contribution < -0.4 is 15.4 Å². The van der Waals surface area contributed by atoms with E-state index in [0.29, 0.717) is 17.0 Å². The Hall–Kier alpha value is -3.35. The summed E-state index contributed by atoms with van der Waals surface area (Å²) in [7, 11) is 1.59. The second kappa shape index (κ2) is 7.72. The molecule has 3 aromatic rings. The molecular formula is C21H22N4O3. The van der Waals surface area contributed by atoms with Crippen molar-refractivity contribution in [3.63, 3.8) is 0 Å². The molecule has 0 atom stereocenters. The summed E-state index contributed by atoms with van der Waals surface area (Å²) in [5.74, 6) is 0.309. The molecule has 0 aliphatic heterocycles. The highest BCUT2D eigenvalue weighted by Gasteiger charge is 2.24. The van der Waals surface area contributed by atoms with E-state index in [-0.39, 0.29) is 29.4 Å². The number of nitrogens with zero attached hydrogens (tertiary/aromatic N) is 2. The number of methoxy groups -OCH3 is 1. The normalized spacial score (nSPS) is 14.2. The molecule has 1 saturated carbocycles. The first-order valence-electron chi connectivity index (χ1n) is 9.39. The molecule has 7 heteroatoms. The minimum Gasteiger partial charge on any atom is -0.497 e. The number of anilines is 1. The second-order valence-corrected chi connectivity index (χ2v) is 6.88. The molecule has 0 bridgehead atoms. The summed E-state index contributed by atoms with van der Waals surface area (Å²) in [5, 5.41) is 5.86. The van der Waals surface area contributed by atoms with Gasteiger partial charge in [-0.2, -0.15) is 0 Å². The first-order valence-corrected chi connectivity index (χ1v) is 9.39. The summed E-state index contributed by atoms with van der Waals surface area (Å²) in [5.41, 5.74) is 1.43. The molecular weight excluding hydrogens is 356 g/mol. The predicted molar refractivity (Wildman–Crippen MR) is 106 cm³/mol. The van der Waals surface area contributed by atoms with Crippen molar-refractivity contribution in [3.05, 3.63) is 60.2 Å². The van der Waals surface area contributed by atoms with E-state index in [4.69, 9.17) is 4.74 Å². The van der Waals surface area contributed by atoms with Crippen molar-refractivity contribution in [1.82, 2.24) is 14.7 Å². The second-order valence-electron chi connectivity index (χ2n) is 6.88. The Kier molecular flexibility index (Phi) is 4.97. The number of aromatic nitrogens is 2. The Labute approximate surface area is 162 Å². The van der Waals surface area contributed by atoms with Gasteiger partial charge in [-0.3, -0.25) is 14.0 Å². The SMILES string of the molecule is COc1ccc(NC(=O)c2nc(C(=O)NC3CCCC3)n3ccccc23)cc1. The molecule has 2 heterocycles. The Morgan fingerprint density at radius 1 is 1.07 bits per heavy atom. The van der Waals surface area contributed by atoms with E-state index in [1.165, 1.54) is 0 Å². The molecule has 2 N–H and O–H groups in total. The van der Waals surface area contributed by atoms with Crippen LogP contribution in [0.25, 0.3) is 5.52 Å². The summed E-state index contributed by atoms with van der Waals surface area (Å²) < 4.78 is 6.79. The fraction of sp³-hybridized carbons (Fsp3) is 0.286. The maximum absolute atomic E-state index is 12.8. The highest BCUT2D eigenvalue weighted by Crippen LogP contribution is 2.20. The van der Waals surface area contributed by atoms with Crippen molar-refractivity contribution < 1.29 is 14.3 Å². The number of hydrogen-bond donors (Lipinski definition) is 2. The quantitative estimate of drug-likeness (QED) is 0.714. The van der Waals surface area contributed by atoms with E-state index < -0.39 is 0 Å². The fourth-order valence-corrected chi connectivity index (χ4v) is 3.55. The number of pyridine rings is 1. The smallest absolute Gasteiger partial charge is 0.287 e. The van der Waals surface area contributed by atoms with Gasteiger partial charge in [0, 0.05) is 17.9 Å². The first-order chi connectivity index (χ1) is 13.7. The van der Waals surface area contributed by atoms with Gasteiger partial charge in [0.25, 0.3) is 11.8 Å². The lowest BCUT2D eigenvalue weighted by atomic mass is 10.2. The summed E-state index contributed by atoms with van der Waals surface area (Å²) >= 11 is 0. The van der Waals surface area contributed by atoms with Gasteiger partial charge in [0.15, 0.2) is 5.69 Å². The number of amides is 2. The van der Waals surface area contributed by atoms with Crippen molar-refractivity contribution in [3.8, 4) is 5.75 Å². The van der Waals surface area contributed by atoms with Crippen molar-refractivity contribution in [2.75, 3.05) is 12.4 Å². The van der Waals surface area contributed by atoms with E-state index in [0.717, 1.165) is 25.7 Å². The van der Waals surface area contributed by atoms with Gasteiger partial charge < -0.3 is 15.4 Å². The lowest BCUT2D eigenvalue weighted by Gasteiger charge is -2.10. The number of carbonyl (C=O) groups is 2. The zero-order valence-electron chi connectivity index (χ0n) is 15.6. The number of fused-ring (bicyclic) bond motifs is 1. The van der Waals surface area contributed by atoms with E-state index >= 15 is 0 Å². The molecule has 0 spiro atoms. The van der Waals surface area contributed by atoms with Gasteiger partial charge in [0.1, 0.15) is 5.75 Å². The van der Waals surface area contributed by atoms with Crippen molar-refractivity contribution >= 4 is 23.0 Å². The topological polar surface area (TPSA) is 84.7 Å². The third-order valence-electron chi connectivity index (χ3n) is 5.00. The van der Waals surface area contributed by atoms with Crippen molar-refractivity contribution in [2.45, 2.75) is 31.7 Å². The molecule has 7 nitrogen and oxygen atoms in total. The van der Waals surface area contributed by atoms with Gasteiger partial charge in [-0.1, -0.05) is 18.9 Å². The minimum absolute atomic E-state index is 0.181. The number of hydrogen-bond acceptors (Lipinski definition) is 4. The maximum Gasteiger partial charge on any atom is 0.287 e. The number of nitrogens with one attached hydrogen (secondary N) is 2. The first kappa shape index (κ1) is 18.0. The Morgan fingerprint density at radius 2 is 1.82 bits per heavy atom. The van der Waals surface area contributed by atoms with Gasteiger partial charge in [0.2, 0.25) is 5.82 Å². The van der Waals surface area contributed by atoms with Gasteiger partial charge in [-0.05, 0) is 49.2 Å². The van der Waals surface area contributed by atoms with Crippen LogP contribution in [0.15, 0.2) is 48.7 Å². The third-order valence-corrected chi connectivity index (χ3v) is 5.00. The Balaban J connectivity index is 1.61. The molecule has 4 rings (SSSR count). The third kappa shape index (κ3) is 3.55. The summed E-state index contributed by atoms with van der Waals surface area (Å²) in [6.45, 7) is 0. The monoisotopic (exact) mass is 378 g/mol. The molecule has 1 fully saturated rings. The van der Waals surface area contributed by atoms with Gasteiger partial charge in [-0.15, -0.1) is 0 Å².